The van der Waals surface area contributed by atoms with Crippen LogP contribution >= 0.6 is 15.9 Å². The van der Waals surface area contributed by atoms with Crippen molar-refractivity contribution in [3.05, 3.63) is 87.2 Å². The molecule has 2 heterocycles. The molecule has 27 heavy (non-hydrogen) atoms. The third kappa shape index (κ3) is 2.54. The van der Waals surface area contributed by atoms with Crippen molar-refractivity contribution in [2.75, 3.05) is 0 Å². The largest absolute Gasteiger partial charge is 0.353 e. The fourth-order valence-electron chi connectivity index (χ4n) is 3.47. The van der Waals surface area contributed by atoms with Crippen molar-refractivity contribution < 1.29 is 4.39 Å². The lowest BCUT2D eigenvalue weighted by Crippen LogP contribution is -2.03. The number of H-pyrrole nitrogens is 1. The van der Waals surface area contributed by atoms with Crippen LogP contribution in [0.2, 0.25) is 0 Å². The van der Waals surface area contributed by atoms with Gasteiger partial charge in [0.15, 0.2) is 5.43 Å². The van der Waals surface area contributed by atoms with Gasteiger partial charge in [-0.2, -0.15) is 0 Å². The number of aromatic nitrogens is 2. The average Bonchev–Trinajstić information content (AvgIpc) is 2.96. The van der Waals surface area contributed by atoms with E-state index in [9.17, 15) is 9.18 Å². The summed E-state index contributed by atoms with van der Waals surface area (Å²) in [5.74, 6) is -0.341. The average molecular weight is 419 g/mol. The lowest BCUT2D eigenvalue weighted by molar-refractivity contribution is 0.628. The highest BCUT2D eigenvalue weighted by Gasteiger charge is 2.16. The molecular weight excluding hydrogens is 407 g/mol. The van der Waals surface area contributed by atoms with Gasteiger partial charge in [0.1, 0.15) is 5.82 Å². The number of para-hydroxylation sites is 1. The van der Waals surface area contributed by atoms with E-state index in [1.54, 1.807) is 18.2 Å². The van der Waals surface area contributed by atoms with E-state index in [0.29, 0.717) is 27.5 Å². The van der Waals surface area contributed by atoms with Crippen molar-refractivity contribution in [3.63, 3.8) is 0 Å². The molecule has 130 valence electrons. The summed E-state index contributed by atoms with van der Waals surface area (Å²) in [5.41, 5.74) is 3.88. The van der Waals surface area contributed by atoms with Gasteiger partial charge in [-0.05, 0) is 42.0 Å². The number of halogens is 2. The molecule has 0 unspecified atom stereocenters. The Balaban J connectivity index is 2.08. The highest BCUT2D eigenvalue weighted by Crippen LogP contribution is 2.31. The summed E-state index contributed by atoms with van der Waals surface area (Å²) in [5, 5.41) is 1.46. The lowest BCUT2D eigenvalue weighted by atomic mass is 10.0. The zero-order valence-corrected chi connectivity index (χ0v) is 15.5. The topological polar surface area (TPSA) is 45.8 Å². The van der Waals surface area contributed by atoms with Crippen LogP contribution in [0.15, 0.2) is 76.0 Å². The second-order valence-electron chi connectivity index (χ2n) is 6.38. The summed E-state index contributed by atoms with van der Waals surface area (Å²) in [6.45, 7) is 0. The van der Waals surface area contributed by atoms with Crippen molar-refractivity contribution >= 4 is 48.8 Å². The summed E-state index contributed by atoms with van der Waals surface area (Å²) in [6.07, 6.45) is 0. The number of nitrogens with one attached hydrogen (secondary N) is 1. The maximum absolute atomic E-state index is 13.5. The van der Waals surface area contributed by atoms with E-state index in [1.165, 1.54) is 12.1 Å². The molecule has 0 aliphatic carbocycles. The van der Waals surface area contributed by atoms with Gasteiger partial charge in [0.25, 0.3) is 0 Å². The summed E-state index contributed by atoms with van der Waals surface area (Å²) < 4.78 is 14.3. The summed E-state index contributed by atoms with van der Waals surface area (Å²) in [7, 11) is 0. The van der Waals surface area contributed by atoms with Gasteiger partial charge in [-0.3, -0.25) is 4.79 Å². The van der Waals surface area contributed by atoms with Gasteiger partial charge < -0.3 is 4.98 Å². The molecule has 0 aliphatic heterocycles. The van der Waals surface area contributed by atoms with Gasteiger partial charge in [0.2, 0.25) is 0 Å². The summed E-state index contributed by atoms with van der Waals surface area (Å²) >= 11 is 3.46. The minimum Gasteiger partial charge on any atom is -0.353 e. The van der Waals surface area contributed by atoms with Crippen LogP contribution in [0.1, 0.15) is 0 Å². The second kappa shape index (κ2) is 5.99. The maximum atomic E-state index is 13.5. The molecule has 1 N–H and O–H groups in total. The summed E-state index contributed by atoms with van der Waals surface area (Å²) in [6, 6.07) is 19.2. The second-order valence-corrected chi connectivity index (χ2v) is 7.29. The zero-order valence-electron chi connectivity index (χ0n) is 14.0. The van der Waals surface area contributed by atoms with Crippen molar-refractivity contribution in [2.45, 2.75) is 0 Å². The first-order valence-electron chi connectivity index (χ1n) is 8.42. The van der Waals surface area contributed by atoms with Crippen LogP contribution in [0.5, 0.6) is 0 Å². The number of benzene rings is 3. The molecule has 0 saturated carbocycles. The Bertz CT molecular complexity index is 1410. The monoisotopic (exact) mass is 418 g/mol. The molecule has 0 spiro atoms. The Morgan fingerprint density at radius 2 is 1.70 bits per heavy atom. The van der Waals surface area contributed by atoms with Crippen LogP contribution in [0.25, 0.3) is 44.0 Å². The Kier molecular flexibility index (Phi) is 3.58. The molecule has 0 amide bonds. The van der Waals surface area contributed by atoms with E-state index < -0.39 is 0 Å². The molecule has 3 aromatic carbocycles. The van der Waals surface area contributed by atoms with E-state index in [0.717, 1.165) is 20.9 Å². The van der Waals surface area contributed by atoms with Gasteiger partial charge in [0.05, 0.1) is 22.1 Å². The minimum atomic E-state index is -0.341. The van der Waals surface area contributed by atoms with Gasteiger partial charge in [-0.15, -0.1) is 0 Å². The normalized spacial score (nSPS) is 11.5. The zero-order chi connectivity index (χ0) is 18.5. The standard InChI is InChI=1S/C22H12BrFN2O/c23-13-7-10-16-18(11-13)26-20-15-3-1-2-4-17(15)25-21(20)19(22(16)27)12-5-8-14(24)9-6-12/h1-11,25H. The van der Waals surface area contributed by atoms with Crippen molar-refractivity contribution in [3.8, 4) is 11.1 Å². The molecule has 0 radical (unpaired) electrons. The maximum Gasteiger partial charge on any atom is 0.197 e. The molecule has 0 atom stereocenters. The molecule has 2 aromatic heterocycles. The third-order valence-electron chi connectivity index (χ3n) is 4.73. The molecule has 5 rings (SSSR count). The van der Waals surface area contributed by atoms with Crippen LogP contribution in [0.3, 0.4) is 0 Å². The number of fused-ring (bicyclic) bond motifs is 4. The van der Waals surface area contributed by atoms with Crippen LogP contribution < -0.4 is 5.43 Å². The first kappa shape index (κ1) is 16.1. The Labute approximate surface area is 161 Å². The Morgan fingerprint density at radius 3 is 2.52 bits per heavy atom. The highest BCUT2D eigenvalue weighted by molar-refractivity contribution is 9.10. The van der Waals surface area contributed by atoms with Crippen molar-refractivity contribution in [1.82, 2.24) is 9.97 Å². The van der Waals surface area contributed by atoms with E-state index >= 15 is 0 Å². The molecule has 5 heteroatoms. The van der Waals surface area contributed by atoms with Crippen LogP contribution in [-0.2, 0) is 0 Å². The van der Waals surface area contributed by atoms with Gasteiger partial charge in [-0.25, -0.2) is 9.37 Å². The number of aromatic amines is 1. The molecular formula is C22H12BrFN2O. The number of nitrogens with zero attached hydrogens (tertiary/aromatic N) is 1. The van der Waals surface area contributed by atoms with E-state index in [1.807, 2.05) is 36.4 Å². The Hall–Kier alpha value is -3.05. The number of rotatable bonds is 1. The van der Waals surface area contributed by atoms with E-state index in [4.69, 9.17) is 4.98 Å². The SMILES string of the molecule is O=c1c(-c2ccc(F)cc2)c2[nH]c3ccccc3c2nc2cc(Br)ccc12. The predicted octanol–water partition coefficient (Wildman–Crippen LogP) is 5.80. The van der Waals surface area contributed by atoms with Crippen molar-refractivity contribution in [2.24, 2.45) is 0 Å². The fraction of sp³-hybridized carbons (Fsp3) is 0. The number of hydrogen-bond donors (Lipinski definition) is 1. The smallest absolute Gasteiger partial charge is 0.197 e. The van der Waals surface area contributed by atoms with Crippen LogP contribution in [0.4, 0.5) is 4.39 Å². The molecule has 3 nitrogen and oxygen atoms in total. The van der Waals surface area contributed by atoms with Gasteiger partial charge in [0, 0.05) is 20.8 Å². The quantitative estimate of drug-likeness (QED) is 0.373. The minimum absolute atomic E-state index is 0.141. The first-order valence-corrected chi connectivity index (χ1v) is 9.21. The van der Waals surface area contributed by atoms with Crippen LogP contribution in [-0.4, -0.2) is 9.97 Å². The molecule has 0 saturated heterocycles. The van der Waals surface area contributed by atoms with E-state index in [-0.39, 0.29) is 11.2 Å². The molecule has 0 aliphatic rings. The molecule has 0 bridgehead atoms. The third-order valence-corrected chi connectivity index (χ3v) is 5.22. The fourth-order valence-corrected chi connectivity index (χ4v) is 3.82. The van der Waals surface area contributed by atoms with Gasteiger partial charge >= 0.3 is 0 Å². The highest BCUT2D eigenvalue weighted by atomic mass is 79.9. The van der Waals surface area contributed by atoms with Crippen molar-refractivity contribution in [1.29, 1.82) is 0 Å². The first-order chi connectivity index (χ1) is 13.1. The summed E-state index contributed by atoms with van der Waals surface area (Å²) in [4.78, 5) is 21.6. The number of hydrogen-bond acceptors (Lipinski definition) is 2. The lowest BCUT2D eigenvalue weighted by Gasteiger charge is -2.00. The van der Waals surface area contributed by atoms with Crippen LogP contribution in [0, 0.1) is 5.82 Å². The molecule has 0 fully saturated rings. The predicted molar refractivity (Wildman–Crippen MR) is 110 cm³/mol. The molecule has 5 aromatic rings. The van der Waals surface area contributed by atoms with Gasteiger partial charge in [-0.1, -0.05) is 46.3 Å². The Morgan fingerprint density at radius 1 is 0.926 bits per heavy atom. The van der Waals surface area contributed by atoms with E-state index in [2.05, 4.69) is 20.9 Å².